The fourth-order valence-corrected chi connectivity index (χ4v) is 2.63. The zero-order valence-electron chi connectivity index (χ0n) is 9.90. The monoisotopic (exact) mass is 261 g/mol. The van der Waals surface area contributed by atoms with Crippen LogP contribution < -0.4 is 10.5 Å². The first-order valence-corrected chi connectivity index (χ1v) is 6.06. The Kier molecular flexibility index (Phi) is 2.59. The summed E-state index contributed by atoms with van der Waals surface area (Å²) >= 11 is 6.20. The lowest BCUT2D eigenvalue weighted by molar-refractivity contribution is 0.415. The number of nitrogen functional groups attached to an aromatic ring is 1. The van der Waals surface area contributed by atoms with Crippen LogP contribution in [0.4, 0.5) is 5.95 Å². The van der Waals surface area contributed by atoms with Gasteiger partial charge in [0.25, 0.3) is 0 Å². The highest BCUT2D eigenvalue weighted by Crippen LogP contribution is 2.38. The molecule has 3 rings (SSSR count). The number of ether oxygens (including phenoxy) is 1. The summed E-state index contributed by atoms with van der Waals surface area (Å²) in [6, 6.07) is 5.98. The first kappa shape index (κ1) is 11.3. The molecule has 0 saturated carbocycles. The number of hydrogen-bond donors (Lipinski definition) is 1. The van der Waals surface area contributed by atoms with Crippen LogP contribution in [0.5, 0.6) is 5.75 Å². The Bertz CT molecular complexity index is 628. The number of benzene rings is 1. The highest BCUT2D eigenvalue weighted by atomic mass is 35.5. The Balaban J connectivity index is 2.26. The molecular formula is C13H12ClN3O. The van der Waals surface area contributed by atoms with Gasteiger partial charge in [0.15, 0.2) is 0 Å². The SMILES string of the molecule is COc1ccc2c(c1)-c1c(Cl)nc(N)nc1CC2. The van der Waals surface area contributed by atoms with Crippen molar-refractivity contribution in [3.8, 4) is 16.9 Å². The van der Waals surface area contributed by atoms with Gasteiger partial charge in [0.2, 0.25) is 5.95 Å². The third-order valence-corrected chi connectivity index (χ3v) is 3.45. The van der Waals surface area contributed by atoms with E-state index < -0.39 is 0 Å². The molecule has 2 aromatic rings. The highest BCUT2D eigenvalue weighted by molar-refractivity contribution is 6.32. The van der Waals surface area contributed by atoms with E-state index in [1.165, 1.54) is 5.56 Å². The van der Waals surface area contributed by atoms with Gasteiger partial charge < -0.3 is 10.5 Å². The topological polar surface area (TPSA) is 61.0 Å². The molecule has 0 saturated heterocycles. The summed E-state index contributed by atoms with van der Waals surface area (Å²) in [7, 11) is 1.65. The number of aromatic nitrogens is 2. The fourth-order valence-electron chi connectivity index (χ4n) is 2.33. The van der Waals surface area contributed by atoms with Crippen LogP contribution in [0.1, 0.15) is 11.3 Å². The number of aryl methyl sites for hydroxylation is 2. The number of fused-ring (bicyclic) bond motifs is 3. The van der Waals surface area contributed by atoms with Gasteiger partial charge >= 0.3 is 0 Å². The van der Waals surface area contributed by atoms with Crippen molar-refractivity contribution in [1.29, 1.82) is 0 Å². The van der Waals surface area contributed by atoms with Crippen molar-refractivity contribution in [2.45, 2.75) is 12.8 Å². The zero-order chi connectivity index (χ0) is 12.7. The Morgan fingerprint density at radius 3 is 2.89 bits per heavy atom. The molecule has 0 unspecified atom stereocenters. The lowest BCUT2D eigenvalue weighted by atomic mass is 9.89. The van der Waals surface area contributed by atoms with Crippen molar-refractivity contribution in [1.82, 2.24) is 9.97 Å². The molecule has 0 amide bonds. The van der Waals surface area contributed by atoms with Gasteiger partial charge in [0, 0.05) is 5.56 Å². The Labute approximate surface area is 110 Å². The maximum absolute atomic E-state index is 6.20. The van der Waals surface area contributed by atoms with Gasteiger partial charge in [-0.25, -0.2) is 9.97 Å². The molecule has 0 atom stereocenters. The summed E-state index contributed by atoms with van der Waals surface area (Å²) in [5.74, 6) is 1.03. The molecule has 2 N–H and O–H groups in total. The van der Waals surface area contributed by atoms with Crippen molar-refractivity contribution >= 4 is 17.5 Å². The summed E-state index contributed by atoms with van der Waals surface area (Å²) in [6.07, 6.45) is 1.76. The van der Waals surface area contributed by atoms with Gasteiger partial charge in [-0.2, -0.15) is 0 Å². The predicted molar refractivity (Wildman–Crippen MR) is 70.9 cm³/mol. The van der Waals surface area contributed by atoms with Crippen LogP contribution >= 0.6 is 11.6 Å². The molecule has 1 heterocycles. The zero-order valence-corrected chi connectivity index (χ0v) is 10.7. The number of rotatable bonds is 1. The maximum Gasteiger partial charge on any atom is 0.221 e. The van der Waals surface area contributed by atoms with Crippen LogP contribution in [0.25, 0.3) is 11.1 Å². The average Bonchev–Trinajstić information content (AvgIpc) is 2.36. The molecule has 1 aliphatic carbocycles. The second-order valence-corrected chi connectivity index (χ2v) is 4.58. The summed E-state index contributed by atoms with van der Waals surface area (Å²) in [4.78, 5) is 8.30. The lowest BCUT2D eigenvalue weighted by Crippen LogP contribution is -2.10. The standard InChI is InChI=1S/C13H12ClN3O/c1-18-8-4-2-7-3-5-10-11(9(7)6-8)12(14)17-13(15)16-10/h2,4,6H,3,5H2,1H3,(H2,15,16,17). The van der Waals surface area contributed by atoms with E-state index in [4.69, 9.17) is 22.1 Å². The van der Waals surface area contributed by atoms with Crippen molar-refractivity contribution < 1.29 is 4.74 Å². The minimum absolute atomic E-state index is 0.227. The van der Waals surface area contributed by atoms with Crippen LogP contribution in [0.15, 0.2) is 18.2 Å². The summed E-state index contributed by atoms with van der Waals surface area (Å²) in [5.41, 5.74) is 9.70. The molecule has 4 nitrogen and oxygen atoms in total. The van der Waals surface area contributed by atoms with Crippen molar-refractivity contribution in [3.05, 3.63) is 34.6 Å². The lowest BCUT2D eigenvalue weighted by Gasteiger charge is -2.20. The number of anilines is 1. The summed E-state index contributed by atoms with van der Waals surface area (Å²) in [6.45, 7) is 0. The Morgan fingerprint density at radius 1 is 1.28 bits per heavy atom. The van der Waals surface area contributed by atoms with E-state index in [-0.39, 0.29) is 5.95 Å². The first-order valence-electron chi connectivity index (χ1n) is 5.68. The molecule has 0 spiro atoms. The molecule has 0 aliphatic heterocycles. The quantitative estimate of drug-likeness (QED) is 0.801. The van der Waals surface area contributed by atoms with Gasteiger partial charge in [-0.05, 0) is 36.1 Å². The van der Waals surface area contributed by atoms with Crippen LogP contribution in [0.2, 0.25) is 5.15 Å². The largest absolute Gasteiger partial charge is 0.497 e. The number of hydrogen-bond acceptors (Lipinski definition) is 4. The molecule has 92 valence electrons. The number of halogens is 1. The van der Waals surface area contributed by atoms with Crippen LogP contribution in [-0.2, 0) is 12.8 Å². The molecule has 0 radical (unpaired) electrons. The maximum atomic E-state index is 6.20. The second kappa shape index (κ2) is 4.14. The van der Waals surface area contributed by atoms with Crippen molar-refractivity contribution in [3.63, 3.8) is 0 Å². The van der Waals surface area contributed by atoms with Gasteiger partial charge in [0.1, 0.15) is 10.9 Å². The number of nitrogens with two attached hydrogens (primary N) is 1. The number of methoxy groups -OCH3 is 1. The summed E-state index contributed by atoms with van der Waals surface area (Å²) < 4.78 is 5.25. The molecular weight excluding hydrogens is 250 g/mol. The third-order valence-electron chi connectivity index (χ3n) is 3.17. The molecule has 1 aromatic carbocycles. The van der Waals surface area contributed by atoms with E-state index in [9.17, 15) is 0 Å². The van der Waals surface area contributed by atoms with Gasteiger partial charge in [-0.15, -0.1) is 0 Å². The van der Waals surface area contributed by atoms with Crippen molar-refractivity contribution in [2.24, 2.45) is 0 Å². The molecule has 1 aromatic heterocycles. The van der Waals surface area contributed by atoms with E-state index in [1.54, 1.807) is 7.11 Å². The van der Waals surface area contributed by atoms with Crippen LogP contribution in [0.3, 0.4) is 0 Å². The minimum atomic E-state index is 0.227. The van der Waals surface area contributed by atoms with E-state index in [2.05, 4.69) is 16.0 Å². The average molecular weight is 262 g/mol. The van der Waals surface area contributed by atoms with Gasteiger partial charge in [-0.1, -0.05) is 17.7 Å². The smallest absolute Gasteiger partial charge is 0.221 e. The third kappa shape index (κ3) is 1.69. The molecule has 0 bridgehead atoms. The summed E-state index contributed by atoms with van der Waals surface area (Å²) in [5, 5.41) is 0.409. The Morgan fingerprint density at radius 2 is 2.11 bits per heavy atom. The first-order chi connectivity index (χ1) is 8.69. The van der Waals surface area contributed by atoms with E-state index >= 15 is 0 Å². The van der Waals surface area contributed by atoms with Gasteiger partial charge in [-0.3, -0.25) is 0 Å². The normalized spacial score (nSPS) is 12.8. The second-order valence-electron chi connectivity index (χ2n) is 4.22. The predicted octanol–water partition coefficient (Wildman–Crippen LogP) is 2.49. The van der Waals surface area contributed by atoms with E-state index in [0.29, 0.717) is 5.15 Å². The molecule has 1 aliphatic rings. The van der Waals surface area contributed by atoms with Crippen LogP contribution in [-0.4, -0.2) is 17.1 Å². The minimum Gasteiger partial charge on any atom is -0.497 e. The van der Waals surface area contributed by atoms with Crippen LogP contribution in [0, 0.1) is 0 Å². The molecule has 18 heavy (non-hydrogen) atoms. The van der Waals surface area contributed by atoms with E-state index in [1.807, 2.05) is 12.1 Å². The number of nitrogens with zero attached hydrogens (tertiary/aromatic N) is 2. The van der Waals surface area contributed by atoms with E-state index in [0.717, 1.165) is 35.4 Å². The molecule has 5 heteroatoms. The Hall–Kier alpha value is -1.81. The highest BCUT2D eigenvalue weighted by Gasteiger charge is 2.22. The van der Waals surface area contributed by atoms with Crippen molar-refractivity contribution in [2.75, 3.05) is 12.8 Å². The molecule has 0 fully saturated rings. The fraction of sp³-hybridized carbons (Fsp3) is 0.231. The van der Waals surface area contributed by atoms with Gasteiger partial charge in [0.05, 0.1) is 12.8 Å².